The average Bonchev–Trinajstić information content (AvgIpc) is 3.49. The zero-order valence-corrected chi connectivity index (χ0v) is 23.1. The Morgan fingerprint density at radius 3 is 2.20 bits per heavy atom. The normalized spacial score (nSPS) is 21.2. The Morgan fingerprint density at radius 2 is 1.68 bits per heavy atom. The highest BCUT2D eigenvalue weighted by atomic mass is 31.2. The Kier molecular flexibility index (Phi) is 10.3. The van der Waals surface area contributed by atoms with Gasteiger partial charge in [-0.25, -0.2) is 29.9 Å². The fraction of sp³-hybridized carbons (Fsp3) is 0.524. The van der Waals surface area contributed by atoms with Gasteiger partial charge in [0, 0.05) is 13.3 Å². The number of hydrogen-bond acceptors (Lipinski definition) is 14. The van der Waals surface area contributed by atoms with Crippen LogP contribution in [0.25, 0.3) is 22.3 Å². The molecule has 1 aliphatic heterocycles. The molecule has 0 saturated carbocycles. The highest BCUT2D eigenvalue weighted by Crippen LogP contribution is 2.45. The molecule has 0 amide bonds. The molecule has 0 bridgehead atoms. The maximum absolute atomic E-state index is 11.6. The van der Waals surface area contributed by atoms with E-state index in [0.717, 1.165) is 0 Å². The molecule has 1 fully saturated rings. The van der Waals surface area contributed by atoms with Crippen molar-refractivity contribution in [1.82, 2.24) is 39.0 Å². The minimum Gasteiger partial charge on any atom is -0.394 e. The van der Waals surface area contributed by atoms with Crippen LogP contribution in [-0.2, 0) is 36.2 Å². The maximum atomic E-state index is 11.6. The number of aliphatic hydroxyl groups is 1. The van der Waals surface area contributed by atoms with E-state index in [1.807, 2.05) is 4.57 Å². The molecule has 4 aromatic heterocycles. The van der Waals surface area contributed by atoms with Gasteiger partial charge in [-0.2, -0.15) is 0 Å². The van der Waals surface area contributed by atoms with Crippen molar-refractivity contribution in [3.8, 4) is 0 Å². The van der Waals surface area contributed by atoms with E-state index in [2.05, 4.69) is 29.9 Å². The molecule has 0 radical (unpaired) electrons. The zero-order valence-electron chi connectivity index (χ0n) is 21.3. The highest BCUT2D eigenvalue weighted by Gasteiger charge is 2.28. The average molecular weight is 601 g/mol. The molecule has 17 nitrogen and oxygen atoms in total. The number of anilines is 2. The molecule has 5 heterocycles. The van der Waals surface area contributed by atoms with Gasteiger partial charge in [0.25, 0.3) is 0 Å². The van der Waals surface area contributed by atoms with Gasteiger partial charge in [-0.3, -0.25) is 9.13 Å². The van der Waals surface area contributed by atoms with Crippen molar-refractivity contribution in [3.05, 3.63) is 25.3 Å². The Hall–Kier alpha value is -3.04. The molecule has 2 unspecified atom stereocenters. The quantitative estimate of drug-likeness (QED) is 0.206. The number of ether oxygens (including phenoxy) is 2. The van der Waals surface area contributed by atoms with Crippen LogP contribution in [-0.4, -0.2) is 100 Å². The van der Waals surface area contributed by atoms with Crippen LogP contribution in [0.1, 0.15) is 7.43 Å². The summed E-state index contributed by atoms with van der Waals surface area (Å²) in [5.74, 6) is 0.617. The summed E-state index contributed by atoms with van der Waals surface area (Å²) in [6, 6.07) is 0. The molecule has 4 atom stereocenters. The second-order valence-electron chi connectivity index (χ2n) is 9.04. The third-order valence-electron chi connectivity index (χ3n) is 5.49. The smallest absolute Gasteiger partial charge is 0.225 e. The summed E-state index contributed by atoms with van der Waals surface area (Å²) in [6.45, 7) is 3.54. The third kappa shape index (κ3) is 8.01. The fourth-order valence-corrected chi connectivity index (χ4v) is 5.11. The summed E-state index contributed by atoms with van der Waals surface area (Å²) < 4.78 is 42.4. The number of aliphatic hydroxyl groups excluding tert-OH is 1. The number of hydrogen-bond donors (Lipinski definition) is 4. The SMILES string of the molecule is C.CP(=O)(O)CO[C@H](CO)Cn1cnc2c(N)ncnc21.CP1(=O)CO[C@@H](Cn2cnc3c(N)ncnc32)CO1. The van der Waals surface area contributed by atoms with Crippen LogP contribution >= 0.6 is 14.7 Å². The Morgan fingerprint density at radius 1 is 1.10 bits per heavy atom. The van der Waals surface area contributed by atoms with Gasteiger partial charge in [-0.15, -0.1) is 0 Å². The minimum absolute atomic E-state index is 0. The molecule has 40 heavy (non-hydrogen) atoms. The molecule has 1 aliphatic rings. The van der Waals surface area contributed by atoms with Crippen molar-refractivity contribution in [2.45, 2.75) is 32.7 Å². The lowest BCUT2D eigenvalue weighted by Gasteiger charge is -2.27. The molecule has 1 saturated heterocycles. The molecule has 0 aliphatic carbocycles. The first-order chi connectivity index (χ1) is 18.5. The molecule has 0 aromatic carbocycles. The van der Waals surface area contributed by atoms with E-state index in [1.54, 1.807) is 17.6 Å². The van der Waals surface area contributed by atoms with Gasteiger partial charge in [0.15, 0.2) is 22.9 Å². The number of rotatable bonds is 8. The van der Waals surface area contributed by atoms with Crippen LogP contribution < -0.4 is 11.5 Å². The lowest BCUT2D eigenvalue weighted by atomic mass is 10.3. The lowest BCUT2D eigenvalue weighted by molar-refractivity contribution is 0.00508. The first-order valence-electron chi connectivity index (χ1n) is 11.6. The topological polar surface area (TPSA) is 242 Å². The molecule has 0 spiro atoms. The number of imidazole rings is 2. The largest absolute Gasteiger partial charge is 0.394 e. The van der Waals surface area contributed by atoms with Crippen LogP contribution in [0.5, 0.6) is 0 Å². The van der Waals surface area contributed by atoms with Crippen molar-refractivity contribution < 1.29 is 33.1 Å². The molecule has 19 heteroatoms. The molecule has 220 valence electrons. The van der Waals surface area contributed by atoms with E-state index in [9.17, 15) is 19.1 Å². The molecule has 6 N–H and O–H groups in total. The Labute approximate surface area is 229 Å². The molecular formula is C21H34N10O7P2. The number of fused-ring (bicyclic) bond motifs is 2. The van der Waals surface area contributed by atoms with E-state index in [4.69, 9.17) is 25.5 Å². The monoisotopic (exact) mass is 600 g/mol. The highest BCUT2D eigenvalue weighted by molar-refractivity contribution is 7.58. The van der Waals surface area contributed by atoms with Crippen molar-refractivity contribution >= 4 is 48.7 Å². The van der Waals surface area contributed by atoms with E-state index in [-0.39, 0.29) is 45.2 Å². The number of aromatic nitrogens is 8. The molecule has 4 aromatic rings. The minimum atomic E-state index is -3.28. The van der Waals surface area contributed by atoms with Crippen molar-refractivity contribution in [2.24, 2.45) is 0 Å². The van der Waals surface area contributed by atoms with Gasteiger partial charge in [-0.1, -0.05) is 7.43 Å². The summed E-state index contributed by atoms with van der Waals surface area (Å²) in [6.07, 6.45) is 4.88. The predicted molar refractivity (Wildman–Crippen MR) is 148 cm³/mol. The summed E-state index contributed by atoms with van der Waals surface area (Å²) >= 11 is 0. The van der Waals surface area contributed by atoms with E-state index < -0.39 is 20.8 Å². The Bertz CT molecular complexity index is 1510. The van der Waals surface area contributed by atoms with E-state index in [1.165, 1.54) is 25.6 Å². The van der Waals surface area contributed by atoms with Gasteiger partial charge in [0.1, 0.15) is 36.4 Å². The van der Waals surface area contributed by atoms with Gasteiger partial charge >= 0.3 is 0 Å². The molecular weight excluding hydrogens is 566 g/mol. The van der Waals surface area contributed by atoms with Crippen LogP contribution in [0.15, 0.2) is 25.3 Å². The van der Waals surface area contributed by atoms with Gasteiger partial charge in [0.05, 0.1) is 51.2 Å². The Balaban J connectivity index is 0.000000215. The van der Waals surface area contributed by atoms with Gasteiger partial charge in [0.2, 0.25) is 14.7 Å². The van der Waals surface area contributed by atoms with Crippen molar-refractivity contribution in [1.29, 1.82) is 0 Å². The van der Waals surface area contributed by atoms with Gasteiger partial charge in [-0.05, 0) is 0 Å². The van der Waals surface area contributed by atoms with Crippen LogP contribution in [0.3, 0.4) is 0 Å². The fourth-order valence-electron chi connectivity index (χ4n) is 3.58. The first-order valence-corrected chi connectivity index (χ1v) is 16.2. The number of nitrogens with two attached hydrogens (primary N) is 2. The molecule has 5 rings (SSSR count). The van der Waals surface area contributed by atoms with Crippen LogP contribution in [0.2, 0.25) is 0 Å². The second kappa shape index (κ2) is 13.1. The van der Waals surface area contributed by atoms with Crippen LogP contribution in [0.4, 0.5) is 11.6 Å². The van der Waals surface area contributed by atoms with E-state index in [0.29, 0.717) is 41.3 Å². The van der Waals surface area contributed by atoms with Crippen LogP contribution in [0, 0.1) is 0 Å². The van der Waals surface area contributed by atoms with E-state index >= 15 is 0 Å². The standard InChI is InChI=1S/C10H16N5O4P.C10H14N5O3P.CH4/c1-20(17,18)6-19-7(3-16)2-15-5-14-8-9(11)12-4-13-10(8)15;1-19(16)6-17-7(3-18-19)2-15-5-14-8-9(11)12-4-13-10(8)15;/h4-5,7,16H,2-3,6H2,1H3,(H,17,18)(H2,11,12,13);4-5,7H,2-3,6H2,1H3,(H2,11,12,13);1H4/t7-;7-,19?;/m00./s1. The predicted octanol–water partition coefficient (Wildman–Crippen LogP) is 0.969. The third-order valence-corrected chi connectivity index (χ3v) is 7.43. The maximum Gasteiger partial charge on any atom is 0.225 e. The summed E-state index contributed by atoms with van der Waals surface area (Å²) in [5, 5.41) is 9.26. The second-order valence-corrected chi connectivity index (χ2v) is 13.9. The summed E-state index contributed by atoms with van der Waals surface area (Å²) in [7, 11) is -5.85. The summed E-state index contributed by atoms with van der Waals surface area (Å²) in [4.78, 5) is 33.4. The van der Waals surface area contributed by atoms with Gasteiger partial charge < -0.3 is 44.6 Å². The van der Waals surface area contributed by atoms with Crippen molar-refractivity contribution in [3.63, 3.8) is 0 Å². The van der Waals surface area contributed by atoms with Crippen molar-refractivity contribution in [2.75, 3.05) is 50.7 Å². The summed E-state index contributed by atoms with van der Waals surface area (Å²) in [5.41, 5.74) is 13.6. The lowest BCUT2D eigenvalue weighted by Crippen LogP contribution is -2.29. The number of nitrogen functional groups attached to an aromatic ring is 2. The number of nitrogens with zero attached hydrogens (tertiary/aromatic N) is 8. The first kappa shape index (κ1) is 31.5. The zero-order chi connectivity index (χ0) is 28.2.